The summed E-state index contributed by atoms with van der Waals surface area (Å²) in [7, 11) is 0. The Balaban J connectivity index is 1.55. The molecule has 0 amide bonds. The zero-order chi connectivity index (χ0) is 15.1. The number of hydrogen-bond donors (Lipinski definition) is 0. The first kappa shape index (κ1) is 13.6. The van der Waals surface area contributed by atoms with Gasteiger partial charge in [-0.1, -0.05) is 71.8 Å². The summed E-state index contributed by atoms with van der Waals surface area (Å²) in [6.45, 7) is 4.48. The van der Waals surface area contributed by atoms with Gasteiger partial charge in [-0.15, -0.1) is 0 Å². The monoisotopic (exact) mass is 284 g/mol. The van der Waals surface area contributed by atoms with E-state index < -0.39 is 0 Å². The summed E-state index contributed by atoms with van der Waals surface area (Å²) >= 11 is 0. The average Bonchev–Trinajstić information content (AvgIpc) is 3.01. The third kappa shape index (κ3) is 2.14. The molecule has 0 aliphatic heterocycles. The molecule has 0 heterocycles. The molecule has 2 radical (unpaired) electrons. The molecule has 0 saturated carbocycles. The molecule has 2 aromatic carbocycles. The molecule has 0 saturated heterocycles. The van der Waals surface area contributed by atoms with Crippen molar-refractivity contribution in [2.75, 3.05) is 0 Å². The molecule has 22 heavy (non-hydrogen) atoms. The third-order valence-corrected chi connectivity index (χ3v) is 4.89. The molecule has 0 bridgehead atoms. The quantitative estimate of drug-likeness (QED) is 0.663. The zero-order valence-electron chi connectivity index (χ0n) is 13.2. The molecule has 0 N–H and O–H groups in total. The summed E-state index contributed by atoms with van der Waals surface area (Å²) < 4.78 is 0. The minimum atomic E-state index is 1.12. The Labute approximate surface area is 133 Å². The van der Waals surface area contributed by atoms with E-state index in [0.29, 0.717) is 0 Å². The van der Waals surface area contributed by atoms with Crippen molar-refractivity contribution in [2.45, 2.75) is 26.7 Å². The highest BCUT2D eigenvalue weighted by Gasteiger charge is 2.27. The number of fused-ring (bicyclic) bond motifs is 2. The van der Waals surface area contributed by atoms with Gasteiger partial charge in [-0.2, -0.15) is 0 Å². The van der Waals surface area contributed by atoms with Gasteiger partial charge >= 0.3 is 0 Å². The van der Waals surface area contributed by atoms with Crippen LogP contribution in [0.1, 0.15) is 48.9 Å². The second-order valence-corrected chi connectivity index (χ2v) is 6.29. The van der Waals surface area contributed by atoms with Crippen LogP contribution in [0.25, 0.3) is 12.2 Å². The Morgan fingerprint density at radius 3 is 1.45 bits per heavy atom. The summed E-state index contributed by atoms with van der Waals surface area (Å²) in [5, 5.41) is 0. The highest BCUT2D eigenvalue weighted by molar-refractivity contribution is 5.74. The van der Waals surface area contributed by atoms with E-state index in [4.69, 9.17) is 0 Å². The van der Waals surface area contributed by atoms with E-state index in [2.05, 4.69) is 74.5 Å². The summed E-state index contributed by atoms with van der Waals surface area (Å²) in [5.74, 6) is 3.03. The van der Waals surface area contributed by atoms with E-state index in [1.165, 1.54) is 45.2 Å². The fraction of sp³-hybridized carbons (Fsp3) is 0.182. The van der Waals surface area contributed by atoms with E-state index in [0.717, 1.165) is 12.8 Å². The average molecular weight is 284 g/mol. The van der Waals surface area contributed by atoms with E-state index in [-0.39, 0.29) is 0 Å². The number of rotatable bonds is 3. The van der Waals surface area contributed by atoms with Crippen molar-refractivity contribution in [1.82, 2.24) is 0 Å². The van der Waals surface area contributed by atoms with Crippen LogP contribution in [0.5, 0.6) is 0 Å². The molecule has 0 heteroatoms. The molecule has 108 valence electrons. The van der Waals surface area contributed by atoms with Gasteiger partial charge in [-0.05, 0) is 48.9 Å². The van der Waals surface area contributed by atoms with Crippen LogP contribution in [0.2, 0.25) is 0 Å². The molecule has 0 atom stereocenters. The summed E-state index contributed by atoms with van der Waals surface area (Å²) in [6.07, 6.45) is 6.88. The van der Waals surface area contributed by atoms with Crippen molar-refractivity contribution in [3.05, 3.63) is 93.8 Å². The Bertz CT molecular complexity index is 709. The largest absolute Gasteiger partial charge is 0.0619 e. The van der Waals surface area contributed by atoms with E-state index in [9.17, 15) is 0 Å². The van der Waals surface area contributed by atoms with Crippen molar-refractivity contribution >= 4 is 12.2 Å². The first-order valence-electron chi connectivity index (χ1n) is 8.02. The Kier molecular flexibility index (Phi) is 3.26. The van der Waals surface area contributed by atoms with Crippen LogP contribution in [0.15, 0.2) is 59.7 Å². The molecular weight excluding hydrogens is 264 g/mol. The first-order chi connectivity index (χ1) is 10.7. The van der Waals surface area contributed by atoms with Crippen molar-refractivity contribution in [1.29, 1.82) is 0 Å². The van der Waals surface area contributed by atoms with Gasteiger partial charge in [0.2, 0.25) is 0 Å². The second kappa shape index (κ2) is 5.28. The van der Waals surface area contributed by atoms with Gasteiger partial charge in [-0.3, -0.25) is 0 Å². The van der Waals surface area contributed by atoms with Crippen LogP contribution in [-0.2, 0) is 0 Å². The first-order valence-corrected chi connectivity index (χ1v) is 8.02. The Morgan fingerprint density at radius 1 is 0.591 bits per heavy atom. The minimum Gasteiger partial charge on any atom is -0.0619 e. The molecule has 0 spiro atoms. The molecule has 2 aliphatic rings. The topological polar surface area (TPSA) is 0 Å². The molecule has 4 rings (SSSR count). The number of hydrogen-bond acceptors (Lipinski definition) is 0. The van der Waals surface area contributed by atoms with Gasteiger partial charge in [0.05, 0.1) is 0 Å². The lowest BCUT2D eigenvalue weighted by Gasteiger charge is -2.18. The molecule has 0 nitrogen and oxygen atoms in total. The van der Waals surface area contributed by atoms with Crippen molar-refractivity contribution < 1.29 is 0 Å². The third-order valence-electron chi connectivity index (χ3n) is 4.89. The predicted octanol–water partition coefficient (Wildman–Crippen LogP) is 5.85. The Hall–Kier alpha value is -2.08. The van der Waals surface area contributed by atoms with Gasteiger partial charge in [-0.25, -0.2) is 0 Å². The minimum absolute atomic E-state index is 1.12. The molecular formula is C22H20. The van der Waals surface area contributed by atoms with E-state index in [1.54, 1.807) is 0 Å². The van der Waals surface area contributed by atoms with Crippen LogP contribution in [0.3, 0.4) is 0 Å². The van der Waals surface area contributed by atoms with Gasteiger partial charge in [0, 0.05) is 11.8 Å². The lowest BCUT2D eigenvalue weighted by molar-refractivity contribution is 0.820. The fourth-order valence-corrected chi connectivity index (χ4v) is 3.77. The maximum atomic E-state index is 2.32. The van der Waals surface area contributed by atoms with Gasteiger partial charge in [0.1, 0.15) is 0 Å². The Morgan fingerprint density at radius 2 is 1.00 bits per heavy atom. The molecule has 0 aromatic heterocycles. The highest BCUT2D eigenvalue weighted by atomic mass is 14.3. The van der Waals surface area contributed by atoms with E-state index in [1.807, 2.05) is 0 Å². The number of benzene rings is 2. The van der Waals surface area contributed by atoms with Crippen LogP contribution in [0, 0.1) is 11.8 Å². The van der Waals surface area contributed by atoms with Crippen molar-refractivity contribution in [3.63, 3.8) is 0 Å². The van der Waals surface area contributed by atoms with Crippen LogP contribution in [-0.4, -0.2) is 0 Å². The second-order valence-electron chi connectivity index (χ2n) is 6.29. The molecule has 0 unspecified atom stereocenters. The standard InChI is InChI=1S/C22H20/c1-15-13-17-7-3-5-9-21(17)19(15)11-12-20-16(2)14-18-8-4-6-10-22(18)20/h3-10,13-14H,11-12H2,1-2H3. The highest BCUT2D eigenvalue weighted by Crippen LogP contribution is 2.43. The van der Waals surface area contributed by atoms with Crippen LogP contribution in [0.4, 0.5) is 0 Å². The predicted molar refractivity (Wildman–Crippen MR) is 94.1 cm³/mol. The smallest absolute Gasteiger partial charge is 0.0303 e. The van der Waals surface area contributed by atoms with Gasteiger partial charge in [0.15, 0.2) is 0 Å². The normalized spacial score (nSPS) is 17.2. The fourth-order valence-electron chi connectivity index (χ4n) is 3.77. The van der Waals surface area contributed by atoms with Gasteiger partial charge < -0.3 is 0 Å². The molecule has 2 aliphatic carbocycles. The van der Waals surface area contributed by atoms with E-state index >= 15 is 0 Å². The van der Waals surface area contributed by atoms with Crippen molar-refractivity contribution in [2.24, 2.45) is 0 Å². The number of allylic oxidation sites excluding steroid dienone is 2. The van der Waals surface area contributed by atoms with Crippen LogP contribution < -0.4 is 0 Å². The SMILES string of the molecule is CC1=Cc2ccccc2[C]1CC[C]1C(C)=Cc2ccccc21. The summed E-state index contributed by atoms with van der Waals surface area (Å²) in [4.78, 5) is 0. The zero-order valence-corrected chi connectivity index (χ0v) is 13.2. The maximum absolute atomic E-state index is 2.32. The van der Waals surface area contributed by atoms with Crippen LogP contribution >= 0.6 is 0 Å². The summed E-state index contributed by atoms with van der Waals surface area (Å²) in [6, 6.07) is 17.5. The lowest BCUT2D eigenvalue weighted by Crippen LogP contribution is -2.04. The van der Waals surface area contributed by atoms with Crippen molar-refractivity contribution in [3.8, 4) is 0 Å². The molecule has 2 aromatic rings. The maximum Gasteiger partial charge on any atom is 0.0303 e. The summed E-state index contributed by atoms with van der Waals surface area (Å²) in [5.41, 5.74) is 8.45. The van der Waals surface area contributed by atoms with Gasteiger partial charge in [0.25, 0.3) is 0 Å². The molecule has 0 fully saturated rings. The lowest BCUT2D eigenvalue weighted by atomic mass is 9.85.